The highest BCUT2D eigenvalue weighted by atomic mass is 32.1. The lowest BCUT2D eigenvalue weighted by atomic mass is 9.99. The van der Waals surface area contributed by atoms with Gasteiger partial charge in [0.25, 0.3) is 5.56 Å². The first-order valence-corrected chi connectivity index (χ1v) is 10.2. The van der Waals surface area contributed by atoms with Gasteiger partial charge in [-0.05, 0) is 49.6 Å². The number of thiophene rings is 1. The van der Waals surface area contributed by atoms with Crippen LogP contribution in [0, 0.1) is 20.8 Å². The van der Waals surface area contributed by atoms with Gasteiger partial charge >= 0.3 is 0 Å². The van der Waals surface area contributed by atoms with Crippen LogP contribution in [0.3, 0.4) is 0 Å². The smallest absolute Gasteiger partial charge is 0.263 e. The number of carbonyl (C=O) groups is 1. The number of hydrogen-bond donors (Lipinski definition) is 1. The lowest BCUT2D eigenvalue weighted by Gasteiger charge is -2.09. The summed E-state index contributed by atoms with van der Waals surface area (Å²) in [6.45, 7) is 6.05. The number of anilines is 1. The molecular formula is C23H21N3O2S. The predicted octanol–water partition coefficient (Wildman–Crippen LogP) is 4.69. The fourth-order valence-electron chi connectivity index (χ4n) is 3.37. The summed E-state index contributed by atoms with van der Waals surface area (Å²) in [5, 5.41) is 3.38. The van der Waals surface area contributed by atoms with Gasteiger partial charge in [0.1, 0.15) is 11.4 Å². The molecule has 4 rings (SSSR count). The highest BCUT2D eigenvalue weighted by molar-refractivity contribution is 7.19. The van der Waals surface area contributed by atoms with Crippen molar-refractivity contribution in [3.8, 4) is 11.1 Å². The van der Waals surface area contributed by atoms with E-state index in [9.17, 15) is 9.59 Å². The molecule has 5 nitrogen and oxygen atoms in total. The summed E-state index contributed by atoms with van der Waals surface area (Å²) < 4.78 is 1.37. The lowest BCUT2D eigenvalue weighted by Crippen LogP contribution is -2.27. The SMILES string of the molecule is Cc1ccc(-c2c(C)sc3ncn(CC(=O)Nc4ccccc4)c(=O)c23)cc1C. The van der Waals surface area contributed by atoms with E-state index in [0.29, 0.717) is 15.9 Å². The normalized spacial score (nSPS) is 11.0. The molecule has 0 aliphatic carbocycles. The molecule has 0 aliphatic heterocycles. The van der Waals surface area contributed by atoms with Crippen LogP contribution in [-0.4, -0.2) is 15.5 Å². The third-order valence-electron chi connectivity index (χ3n) is 5.02. The van der Waals surface area contributed by atoms with Crippen molar-refractivity contribution in [3.63, 3.8) is 0 Å². The molecule has 146 valence electrons. The zero-order valence-electron chi connectivity index (χ0n) is 16.5. The van der Waals surface area contributed by atoms with Gasteiger partial charge in [0.2, 0.25) is 5.91 Å². The Morgan fingerprint density at radius 1 is 1.07 bits per heavy atom. The Morgan fingerprint density at radius 3 is 2.55 bits per heavy atom. The molecule has 0 radical (unpaired) electrons. The zero-order chi connectivity index (χ0) is 20.5. The minimum Gasteiger partial charge on any atom is -0.325 e. The Labute approximate surface area is 172 Å². The monoisotopic (exact) mass is 403 g/mol. The molecule has 2 heterocycles. The largest absolute Gasteiger partial charge is 0.325 e. The molecule has 0 bridgehead atoms. The predicted molar refractivity (Wildman–Crippen MR) is 119 cm³/mol. The Bertz CT molecular complexity index is 1270. The highest BCUT2D eigenvalue weighted by Crippen LogP contribution is 2.36. The molecule has 0 atom stereocenters. The molecule has 0 spiro atoms. The lowest BCUT2D eigenvalue weighted by molar-refractivity contribution is -0.116. The maximum Gasteiger partial charge on any atom is 0.263 e. The van der Waals surface area contributed by atoms with E-state index >= 15 is 0 Å². The second-order valence-corrected chi connectivity index (χ2v) is 8.31. The third-order valence-corrected chi connectivity index (χ3v) is 6.04. The van der Waals surface area contributed by atoms with E-state index in [0.717, 1.165) is 16.0 Å². The van der Waals surface area contributed by atoms with Crippen LogP contribution in [0.2, 0.25) is 0 Å². The van der Waals surface area contributed by atoms with Gasteiger partial charge in [-0.25, -0.2) is 4.98 Å². The van der Waals surface area contributed by atoms with Gasteiger partial charge in [-0.2, -0.15) is 0 Å². The summed E-state index contributed by atoms with van der Waals surface area (Å²) in [6.07, 6.45) is 1.45. The van der Waals surface area contributed by atoms with Crippen LogP contribution in [0.25, 0.3) is 21.3 Å². The average Bonchev–Trinajstić information content (AvgIpc) is 3.04. The van der Waals surface area contributed by atoms with Crippen molar-refractivity contribution in [2.24, 2.45) is 0 Å². The van der Waals surface area contributed by atoms with Gasteiger partial charge in [-0.3, -0.25) is 14.2 Å². The first-order valence-electron chi connectivity index (χ1n) is 9.35. The number of aryl methyl sites for hydroxylation is 3. The highest BCUT2D eigenvalue weighted by Gasteiger charge is 2.18. The van der Waals surface area contributed by atoms with Gasteiger partial charge < -0.3 is 5.32 Å². The number of carbonyl (C=O) groups excluding carboxylic acids is 1. The van der Waals surface area contributed by atoms with Crippen molar-refractivity contribution < 1.29 is 4.79 Å². The minimum absolute atomic E-state index is 0.0854. The van der Waals surface area contributed by atoms with Crippen molar-refractivity contribution in [2.45, 2.75) is 27.3 Å². The Morgan fingerprint density at radius 2 is 1.83 bits per heavy atom. The molecule has 29 heavy (non-hydrogen) atoms. The molecule has 0 unspecified atom stereocenters. The van der Waals surface area contributed by atoms with Crippen LogP contribution in [0.15, 0.2) is 59.7 Å². The summed E-state index contributed by atoms with van der Waals surface area (Å²) in [7, 11) is 0. The third kappa shape index (κ3) is 3.71. The summed E-state index contributed by atoms with van der Waals surface area (Å²) in [6, 6.07) is 15.4. The number of nitrogens with zero attached hydrogens (tertiary/aromatic N) is 2. The standard InChI is InChI=1S/C23H21N3O2S/c1-14-9-10-17(11-15(14)2)20-16(3)29-22-21(20)23(28)26(13-24-22)12-19(27)25-18-7-5-4-6-8-18/h4-11,13H,12H2,1-3H3,(H,25,27). The van der Waals surface area contributed by atoms with E-state index in [1.165, 1.54) is 33.4 Å². The molecule has 0 saturated heterocycles. The maximum absolute atomic E-state index is 13.2. The van der Waals surface area contributed by atoms with Crippen molar-refractivity contribution >= 4 is 33.1 Å². The molecule has 2 aromatic carbocycles. The Kier molecular flexibility index (Phi) is 5.03. The number of para-hydroxylation sites is 1. The number of hydrogen-bond acceptors (Lipinski definition) is 4. The zero-order valence-corrected chi connectivity index (χ0v) is 17.3. The summed E-state index contributed by atoms with van der Waals surface area (Å²) in [4.78, 5) is 31.8. The van der Waals surface area contributed by atoms with Crippen LogP contribution in [0.1, 0.15) is 16.0 Å². The Hall–Kier alpha value is -3.25. The van der Waals surface area contributed by atoms with Crippen molar-refractivity contribution in [1.29, 1.82) is 0 Å². The van der Waals surface area contributed by atoms with Crippen molar-refractivity contribution in [2.75, 3.05) is 5.32 Å². The van der Waals surface area contributed by atoms with Gasteiger partial charge in [-0.15, -0.1) is 11.3 Å². The van der Waals surface area contributed by atoms with Crippen LogP contribution in [0.5, 0.6) is 0 Å². The number of nitrogens with one attached hydrogen (secondary N) is 1. The topological polar surface area (TPSA) is 64.0 Å². The number of rotatable bonds is 4. The van der Waals surface area contributed by atoms with Crippen LogP contribution >= 0.6 is 11.3 Å². The number of fused-ring (bicyclic) bond motifs is 1. The van der Waals surface area contributed by atoms with Gasteiger partial charge in [0, 0.05) is 16.1 Å². The summed E-state index contributed by atoms with van der Waals surface area (Å²) in [5.74, 6) is -0.265. The first-order chi connectivity index (χ1) is 13.9. The Balaban J connectivity index is 1.74. The number of benzene rings is 2. The second-order valence-electron chi connectivity index (χ2n) is 7.10. The molecule has 0 fully saturated rings. The quantitative estimate of drug-likeness (QED) is 0.538. The summed E-state index contributed by atoms with van der Waals surface area (Å²) >= 11 is 1.50. The van der Waals surface area contributed by atoms with E-state index in [2.05, 4.69) is 36.3 Å². The fraction of sp³-hybridized carbons (Fsp3) is 0.174. The van der Waals surface area contributed by atoms with Crippen molar-refractivity contribution in [1.82, 2.24) is 9.55 Å². The molecule has 1 amide bonds. The van der Waals surface area contributed by atoms with Gasteiger partial charge in [-0.1, -0.05) is 36.4 Å². The van der Waals surface area contributed by atoms with Gasteiger partial charge in [0.15, 0.2) is 0 Å². The fourth-order valence-corrected chi connectivity index (χ4v) is 4.37. The molecule has 0 saturated carbocycles. The van der Waals surface area contributed by atoms with E-state index in [1.54, 1.807) is 0 Å². The second kappa shape index (κ2) is 7.64. The molecular weight excluding hydrogens is 382 g/mol. The average molecular weight is 404 g/mol. The maximum atomic E-state index is 13.2. The molecule has 4 aromatic rings. The number of amides is 1. The van der Waals surface area contributed by atoms with Gasteiger partial charge in [0.05, 0.1) is 11.7 Å². The first kappa shape index (κ1) is 19.1. The molecule has 2 aromatic heterocycles. The van der Waals surface area contributed by atoms with E-state index < -0.39 is 0 Å². The van der Waals surface area contributed by atoms with Crippen LogP contribution < -0.4 is 10.9 Å². The minimum atomic E-state index is -0.265. The van der Waals surface area contributed by atoms with Crippen LogP contribution in [0.4, 0.5) is 5.69 Å². The van der Waals surface area contributed by atoms with E-state index in [-0.39, 0.29) is 18.0 Å². The number of aromatic nitrogens is 2. The van der Waals surface area contributed by atoms with E-state index in [4.69, 9.17) is 0 Å². The van der Waals surface area contributed by atoms with E-state index in [1.807, 2.05) is 43.3 Å². The molecule has 6 heteroatoms. The van der Waals surface area contributed by atoms with Crippen LogP contribution in [-0.2, 0) is 11.3 Å². The van der Waals surface area contributed by atoms with Crippen molar-refractivity contribution in [3.05, 3.63) is 81.2 Å². The molecule has 0 aliphatic rings. The molecule has 1 N–H and O–H groups in total. The summed E-state index contributed by atoms with van der Waals surface area (Å²) in [5.41, 5.74) is 4.79.